The van der Waals surface area contributed by atoms with Crippen molar-refractivity contribution in [3.63, 3.8) is 0 Å². The highest BCUT2D eigenvalue weighted by Crippen LogP contribution is 2.13. The van der Waals surface area contributed by atoms with Crippen LogP contribution in [0, 0.1) is 11.9 Å². The van der Waals surface area contributed by atoms with Crippen molar-refractivity contribution < 1.29 is 18.7 Å². The molecule has 0 aromatic carbocycles. The number of esters is 1. The zero-order valence-corrected chi connectivity index (χ0v) is 12.9. The molecule has 1 amide bonds. The number of nitrogens with one attached hydrogen (secondary N) is 1. The molecule has 1 heterocycles. The molecule has 0 saturated carbocycles. The maximum atomic E-state index is 13.5. The number of amides is 1. The molecule has 0 spiro atoms. The molecular weight excluding hydrogens is 275 g/mol. The maximum absolute atomic E-state index is 13.5. The standard InChI is InChI=1S/C15H21FN2O3/c1-9(2)11(14(20)21-15(3,4)5)18-13(19)10-7-6-8-17-12(10)16/h6-9,11H,1-5H3,(H,18,19)/t11-/m0/s1. The van der Waals surface area contributed by atoms with Gasteiger partial charge in [0.05, 0.1) is 5.56 Å². The highest BCUT2D eigenvalue weighted by molar-refractivity contribution is 5.96. The SMILES string of the molecule is CC(C)[C@H](NC(=O)c1cccnc1F)C(=O)OC(C)(C)C. The lowest BCUT2D eigenvalue weighted by molar-refractivity contribution is -0.158. The third-order valence-electron chi connectivity index (χ3n) is 2.62. The molecule has 0 fully saturated rings. The van der Waals surface area contributed by atoms with Crippen molar-refractivity contribution in [1.29, 1.82) is 0 Å². The van der Waals surface area contributed by atoms with Crippen molar-refractivity contribution in [2.45, 2.75) is 46.3 Å². The van der Waals surface area contributed by atoms with Crippen LogP contribution in [-0.4, -0.2) is 28.5 Å². The van der Waals surface area contributed by atoms with Crippen LogP contribution in [-0.2, 0) is 9.53 Å². The van der Waals surface area contributed by atoms with Gasteiger partial charge in [0, 0.05) is 6.20 Å². The Balaban J connectivity index is 2.87. The Morgan fingerprint density at radius 1 is 1.33 bits per heavy atom. The van der Waals surface area contributed by atoms with E-state index in [9.17, 15) is 14.0 Å². The molecule has 0 aliphatic carbocycles. The second-order valence-corrected chi connectivity index (χ2v) is 6.07. The quantitative estimate of drug-likeness (QED) is 0.684. The zero-order valence-electron chi connectivity index (χ0n) is 12.9. The molecule has 0 bridgehead atoms. The number of pyridine rings is 1. The van der Waals surface area contributed by atoms with Crippen molar-refractivity contribution in [3.8, 4) is 0 Å². The van der Waals surface area contributed by atoms with Crippen LogP contribution in [0.2, 0.25) is 0 Å². The van der Waals surface area contributed by atoms with E-state index in [1.54, 1.807) is 34.6 Å². The van der Waals surface area contributed by atoms with Crippen molar-refractivity contribution in [1.82, 2.24) is 10.3 Å². The van der Waals surface area contributed by atoms with E-state index in [-0.39, 0.29) is 11.5 Å². The first-order valence-corrected chi connectivity index (χ1v) is 6.76. The average molecular weight is 296 g/mol. The molecule has 116 valence electrons. The summed E-state index contributed by atoms with van der Waals surface area (Å²) >= 11 is 0. The lowest BCUT2D eigenvalue weighted by Gasteiger charge is -2.26. The zero-order chi connectivity index (χ0) is 16.2. The van der Waals surface area contributed by atoms with Gasteiger partial charge in [-0.2, -0.15) is 4.39 Å². The molecule has 0 saturated heterocycles. The summed E-state index contributed by atoms with van der Waals surface area (Å²) < 4.78 is 18.7. The van der Waals surface area contributed by atoms with Crippen molar-refractivity contribution in [2.75, 3.05) is 0 Å². The summed E-state index contributed by atoms with van der Waals surface area (Å²) in [4.78, 5) is 27.6. The van der Waals surface area contributed by atoms with Gasteiger partial charge in [-0.05, 0) is 38.8 Å². The van der Waals surface area contributed by atoms with E-state index in [0.717, 1.165) is 0 Å². The van der Waals surface area contributed by atoms with Gasteiger partial charge in [0.25, 0.3) is 5.91 Å². The van der Waals surface area contributed by atoms with Crippen LogP contribution in [0.4, 0.5) is 4.39 Å². The highest BCUT2D eigenvalue weighted by atomic mass is 19.1. The highest BCUT2D eigenvalue weighted by Gasteiger charge is 2.30. The van der Waals surface area contributed by atoms with E-state index >= 15 is 0 Å². The number of aromatic nitrogens is 1. The van der Waals surface area contributed by atoms with E-state index in [2.05, 4.69) is 10.3 Å². The summed E-state index contributed by atoms with van der Waals surface area (Å²) in [5.74, 6) is -2.30. The van der Waals surface area contributed by atoms with Gasteiger partial charge >= 0.3 is 5.97 Å². The summed E-state index contributed by atoms with van der Waals surface area (Å²) in [5.41, 5.74) is -0.860. The summed E-state index contributed by atoms with van der Waals surface area (Å²) in [6.45, 7) is 8.77. The van der Waals surface area contributed by atoms with Gasteiger partial charge in [0.15, 0.2) is 0 Å². The molecule has 1 aromatic heterocycles. The number of carbonyl (C=O) groups excluding carboxylic acids is 2. The van der Waals surface area contributed by atoms with Gasteiger partial charge in [-0.25, -0.2) is 9.78 Å². The second-order valence-electron chi connectivity index (χ2n) is 6.07. The molecule has 5 nitrogen and oxygen atoms in total. The van der Waals surface area contributed by atoms with Gasteiger partial charge in [-0.3, -0.25) is 4.79 Å². The minimum atomic E-state index is -0.873. The van der Waals surface area contributed by atoms with Crippen molar-refractivity contribution in [3.05, 3.63) is 29.8 Å². The van der Waals surface area contributed by atoms with E-state index in [0.29, 0.717) is 0 Å². The van der Waals surface area contributed by atoms with Crippen LogP contribution >= 0.6 is 0 Å². The van der Waals surface area contributed by atoms with E-state index in [4.69, 9.17) is 4.74 Å². The van der Waals surface area contributed by atoms with Crippen LogP contribution in [0.15, 0.2) is 18.3 Å². The summed E-state index contributed by atoms with van der Waals surface area (Å²) in [7, 11) is 0. The number of hydrogen-bond acceptors (Lipinski definition) is 4. The normalized spacial score (nSPS) is 12.9. The number of nitrogens with zero attached hydrogens (tertiary/aromatic N) is 1. The van der Waals surface area contributed by atoms with Crippen molar-refractivity contribution in [2.24, 2.45) is 5.92 Å². The molecule has 1 aromatic rings. The molecule has 21 heavy (non-hydrogen) atoms. The molecule has 1 N–H and O–H groups in total. The Bertz CT molecular complexity index is 524. The predicted molar refractivity (Wildman–Crippen MR) is 76.1 cm³/mol. The fourth-order valence-corrected chi connectivity index (χ4v) is 1.64. The molecule has 1 atom stereocenters. The van der Waals surface area contributed by atoms with E-state index in [1.807, 2.05) is 0 Å². The lowest BCUT2D eigenvalue weighted by Crippen LogP contribution is -2.47. The molecule has 1 rings (SSSR count). The Kier molecular flexibility index (Phi) is 5.41. The largest absolute Gasteiger partial charge is 0.458 e. The number of rotatable bonds is 4. The number of ether oxygens (including phenoxy) is 1. The third-order valence-corrected chi connectivity index (χ3v) is 2.62. The Morgan fingerprint density at radius 2 is 1.95 bits per heavy atom. The summed E-state index contributed by atoms with van der Waals surface area (Å²) in [6, 6.07) is 1.91. The van der Waals surface area contributed by atoms with Crippen LogP contribution in [0.3, 0.4) is 0 Å². The smallest absolute Gasteiger partial charge is 0.329 e. The van der Waals surface area contributed by atoms with Gasteiger partial charge in [0.2, 0.25) is 5.95 Å². The number of halogens is 1. The fourth-order valence-electron chi connectivity index (χ4n) is 1.64. The lowest BCUT2D eigenvalue weighted by atomic mass is 10.0. The monoisotopic (exact) mass is 296 g/mol. The maximum Gasteiger partial charge on any atom is 0.329 e. The molecule has 0 radical (unpaired) electrons. The first-order chi connectivity index (χ1) is 9.61. The molecule has 0 aliphatic rings. The van der Waals surface area contributed by atoms with Crippen LogP contribution in [0.5, 0.6) is 0 Å². The van der Waals surface area contributed by atoms with Gasteiger partial charge in [-0.15, -0.1) is 0 Å². The second kappa shape index (κ2) is 6.65. The Hall–Kier alpha value is -1.98. The summed E-state index contributed by atoms with van der Waals surface area (Å²) in [5, 5.41) is 2.50. The molecule has 0 aliphatic heterocycles. The minimum absolute atomic E-state index is 0.191. The van der Waals surface area contributed by atoms with Gasteiger partial charge < -0.3 is 10.1 Å². The topological polar surface area (TPSA) is 68.3 Å². The van der Waals surface area contributed by atoms with Crippen LogP contribution in [0.1, 0.15) is 45.0 Å². The fraction of sp³-hybridized carbons (Fsp3) is 0.533. The van der Waals surface area contributed by atoms with E-state index < -0.39 is 29.5 Å². The molecule has 6 heteroatoms. The van der Waals surface area contributed by atoms with Gasteiger partial charge in [-0.1, -0.05) is 13.8 Å². The average Bonchev–Trinajstić information content (AvgIpc) is 2.33. The Labute approximate surface area is 123 Å². The number of carbonyl (C=O) groups is 2. The predicted octanol–water partition coefficient (Wildman–Crippen LogP) is 2.32. The van der Waals surface area contributed by atoms with Gasteiger partial charge in [0.1, 0.15) is 11.6 Å². The van der Waals surface area contributed by atoms with Crippen molar-refractivity contribution >= 4 is 11.9 Å². The first kappa shape index (κ1) is 17.1. The first-order valence-electron chi connectivity index (χ1n) is 6.76. The minimum Gasteiger partial charge on any atom is -0.458 e. The third kappa shape index (κ3) is 5.13. The summed E-state index contributed by atoms with van der Waals surface area (Å²) in [6.07, 6.45) is 1.25. The van der Waals surface area contributed by atoms with Crippen LogP contribution in [0.25, 0.3) is 0 Å². The van der Waals surface area contributed by atoms with Crippen LogP contribution < -0.4 is 5.32 Å². The molecule has 0 unspecified atom stereocenters. The van der Waals surface area contributed by atoms with E-state index in [1.165, 1.54) is 18.3 Å². The number of hydrogen-bond donors (Lipinski definition) is 1. The molecular formula is C15H21FN2O3. The Morgan fingerprint density at radius 3 is 2.43 bits per heavy atom.